The van der Waals surface area contributed by atoms with Gasteiger partial charge in [-0.25, -0.2) is 4.68 Å². The van der Waals surface area contributed by atoms with Crippen molar-refractivity contribution >= 4 is 87.6 Å². The number of aryl methyl sites for hydroxylation is 1. The van der Waals surface area contributed by atoms with E-state index in [1.54, 1.807) is 4.68 Å². The molecule has 0 aliphatic heterocycles. The second-order valence-electron chi connectivity index (χ2n) is 2.83. The summed E-state index contributed by atoms with van der Waals surface area (Å²) in [5.74, 6) is 0. The van der Waals surface area contributed by atoms with Gasteiger partial charge in [0.2, 0.25) is 0 Å². The van der Waals surface area contributed by atoms with Crippen LogP contribution in [-0.2, 0) is 12.6 Å². The quantitative estimate of drug-likeness (QED) is 0.453. The van der Waals surface area contributed by atoms with Gasteiger partial charge in [0.1, 0.15) is 0 Å². The van der Waals surface area contributed by atoms with E-state index in [-0.39, 0.29) is 51.4 Å². The van der Waals surface area contributed by atoms with Crippen molar-refractivity contribution in [1.29, 1.82) is 0 Å². The van der Waals surface area contributed by atoms with Crippen molar-refractivity contribution < 1.29 is 0 Å². The van der Waals surface area contributed by atoms with Gasteiger partial charge in [0.05, 0.1) is 9.64 Å². The maximum atomic E-state index is 5.17. The Morgan fingerprint density at radius 2 is 2.07 bits per heavy atom. The van der Waals surface area contributed by atoms with Crippen molar-refractivity contribution in [3.63, 3.8) is 0 Å². The third kappa shape index (κ3) is 3.16. The van der Waals surface area contributed by atoms with Crippen LogP contribution in [0.3, 0.4) is 0 Å². The van der Waals surface area contributed by atoms with Crippen LogP contribution in [0.25, 0.3) is 5.69 Å². The Morgan fingerprint density at radius 3 is 2.60 bits per heavy atom. The summed E-state index contributed by atoms with van der Waals surface area (Å²) < 4.78 is 3.00. The molecule has 2 nitrogen and oxygen atoms in total. The maximum absolute atomic E-state index is 5.17. The molecule has 2 rings (SSSR count). The monoisotopic (exact) mass is 278 g/mol. The SMILES string of the molecule is Cc1ccccc1-n1nc([S-])sc1=S.[K]. The molecule has 0 N–H and O–H groups in total. The van der Waals surface area contributed by atoms with Gasteiger partial charge >= 0.3 is 0 Å². The molecule has 0 amide bonds. The van der Waals surface area contributed by atoms with E-state index in [0.29, 0.717) is 8.29 Å². The van der Waals surface area contributed by atoms with E-state index >= 15 is 0 Å². The van der Waals surface area contributed by atoms with Crippen molar-refractivity contribution in [2.75, 3.05) is 0 Å². The first kappa shape index (κ1) is 13.9. The van der Waals surface area contributed by atoms with Crippen LogP contribution in [0.2, 0.25) is 0 Å². The minimum absolute atomic E-state index is 0. The van der Waals surface area contributed by atoms with Crippen LogP contribution in [0, 0.1) is 10.9 Å². The summed E-state index contributed by atoms with van der Waals surface area (Å²) >= 11 is 11.5. The normalized spacial score (nSPS) is 9.67. The Labute approximate surface area is 146 Å². The number of benzene rings is 1. The van der Waals surface area contributed by atoms with Gasteiger partial charge in [-0.3, -0.25) is 0 Å². The number of aromatic nitrogens is 2. The Hall–Kier alpha value is 0.856. The molecule has 0 bridgehead atoms. The van der Waals surface area contributed by atoms with Gasteiger partial charge < -0.3 is 24.0 Å². The molecule has 0 aliphatic carbocycles. The van der Waals surface area contributed by atoms with Crippen molar-refractivity contribution in [1.82, 2.24) is 9.78 Å². The molecular weight excluding hydrogens is 271 g/mol. The Bertz CT molecular complexity index is 518. The Morgan fingerprint density at radius 1 is 1.40 bits per heavy atom. The average molecular weight is 278 g/mol. The predicted molar refractivity (Wildman–Crippen MR) is 68.4 cm³/mol. The third-order valence-electron chi connectivity index (χ3n) is 1.87. The Kier molecular flexibility index (Phi) is 5.54. The standard InChI is InChI=1S/C9H8N2S3.K/c1-6-4-2-3-5-7(6)11-9(13)14-8(12)10-11;/h2-5H,1H3,(H,10,12);/p-1. The largest absolute Gasteiger partial charge is 0.406 e. The minimum atomic E-state index is 0. The number of rotatable bonds is 1. The number of nitrogens with zero attached hydrogens (tertiary/aromatic N) is 2. The molecule has 0 fully saturated rings. The molecule has 1 heterocycles. The molecule has 0 aliphatic rings. The molecular formula is C9H7KN2S3-. The first-order valence-electron chi connectivity index (χ1n) is 4.01. The topological polar surface area (TPSA) is 17.8 Å². The summed E-state index contributed by atoms with van der Waals surface area (Å²) in [6.45, 7) is 2.03. The van der Waals surface area contributed by atoms with Gasteiger partial charge in [0, 0.05) is 51.4 Å². The predicted octanol–water partition coefficient (Wildman–Crippen LogP) is 2.50. The van der Waals surface area contributed by atoms with Gasteiger partial charge in [-0.05, 0) is 22.9 Å². The molecule has 0 saturated heterocycles. The molecule has 1 aromatic carbocycles. The van der Waals surface area contributed by atoms with Crippen molar-refractivity contribution in [3.8, 4) is 5.69 Å². The number of hydrogen-bond donors (Lipinski definition) is 0. The van der Waals surface area contributed by atoms with E-state index in [0.717, 1.165) is 11.3 Å². The fraction of sp³-hybridized carbons (Fsp3) is 0.111. The van der Waals surface area contributed by atoms with Gasteiger partial charge in [0.15, 0.2) is 0 Å². The van der Waals surface area contributed by atoms with Crippen molar-refractivity contribution in [2.24, 2.45) is 0 Å². The smallest absolute Gasteiger partial charge is 0.0904 e. The maximum Gasteiger partial charge on any atom is 0.0904 e. The van der Waals surface area contributed by atoms with Crippen LogP contribution in [0.15, 0.2) is 28.6 Å². The molecule has 0 atom stereocenters. The zero-order chi connectivity index (χ0) is 10.1. The molecule has 15 heavy (non-hydrogen) atoms. The van der Waals surface area contributed by atoms with E-state index < -0.39 is 0 Å². The molecule has 0 spiro atoms. The van der Waals surface area contributed by atoms with Crippen LogP contribution in [0.4, 0.5) is 0 Å². The van der Waals surface area contributed by atoms with E-state index in [1.807, 2.05) is 31.2 Å². The molecule has 1 radical (unpaired) electrons. The fourth-order valence-electron chi connectivity index (χ4n) is 1.21. The van der Waals surface area contributed by atoms with Crippen LogP contribution in [-0.4, -0.2) is 61.2 Å². The van der Waals surface area contributed by atoms with E-state index in [2.05, 4.69) is 5.10 Å². The molecule has 1 aromatic heterocycles. The van der Waals surface area contributed by atoms with E-state index in [1.165, 1.54) is 11.3 Å². The average Bonchev–Trinajstić information content (AvgIpc) is 2.46. The van der Waals surface area contributed by atoms with Gasteiger partial charge in [-0.15, -0.1) is 0 Å². The molecule has 0 saturated carbocycles. The van der Waals surface area contributed by atoms with Crippen LogP contribution in [0.5, 0.6) is 0 Å². The van der Waals surface area contributed by atoms with Crippen LogP contribution < -0.4 is 0 Å². The number of para-hydroxylation sites is 1. The van der Waals surface area contributed by atoms with Crippen molar-refractivity contribution in [3.05, 3.63) is 33.8 Å². The Balaban J connectivity index is 0.00000112. The van der Waals surface area contributed by atoms with Crippen LogP contribution >= 0.6 is 23.6 Å². The zero-order valence-corrected chi connectivity index (χ0v) is 14.0. The summed E-state index contributed by atoms with van der Waals surface area (Å²) in [4.78, 5) is 0. The summed E-state index contributed by atoms with van der Waals surface area (Å²) in [6.07, 6.45) is 0. The van der Waals surface area contributed by atoms with E-state index in [9.17, 15) is 0 Å². The van der Waals surface area contributed by atoms with Gasteiger partial charge in [0.25, 0.3) is 0 Å². The number of hydrogen-bond acceptors (Lipinski definition) is 4. The first-order chi connectivity index (χ1) is 6.68. The molecule has 0 unspecified atom stereocenters. The summed E-state index contributed by atoms with van der Waals surface area (Å²) in [5.41, 5.74) is 2.15. The summed E-state index contributed by atoms with van der Waals surface area (Å²) in [6, 6.07) is 7.97. The summed E-state index contributed by atoms with van der Waals surface area (Å²) in [5, 5.41) is 4.19. The third-order valence-corrected chi connectivity index (χ3v) is 3.23. The second-order valence-corrected chi connectivity index (χ2v) is 5.10. The molecule has 6 heteroatoms. The van der Waals surface area contributed by atoms with Gasteiger partial charge in [-0.1, -0.05) is 30.4 Å². The molecule has 2 aromatic rings. The van der Waals surface area contributed by atoms with Crippen molar-refractivity contribution in [2.45, 2.75) is 11.3 Å². The fourth-order valence-corrected chi connectivity index (χ4v) is 2.56. The van der Waals surface area contributed by atoms with Crippen LogP contribution in [0.1, 0.15) is 5.56 Å². The minimum Gasteiger partial charge on any atom is -0.406 e. The molecule has 73 valence electrons. The second kappa shape index (κ2) is 5.97. The first-order valence-corrected chi connectivity index (χ1v) is 5.65. The van der Waals surface area contributed by atoms with Gasteiger partial charge in [-0.2, -0.15) is 5.10 Å². The summed E-state index contributed by atoms with van der Waals surface area (Å²) in [7, 11) is 0. The zero-order valence-electron chi connectivity index (χ0n) is 8.43. The van der Waals surface area contributed by atoms with E-state index in [4.69, 9.17) is 24.8 Å².